The number of nitrogens with one attached hydrogen (secondary N) is 1. The molecule has 1 aliphatic rings. The van der Waals surface area contributed by atoms with Crippen molar-refractivity contribution < 1.29 is 9.53 Å². The highest BCUT2D eigenvalue weighted by Gasteiger charge is 2.37. The van der Waals surface area contributed by atoms with Crippen molar-refractivity contribution in [1.29, 1.82) is 0 Å². The zero-order valence-corrected chi connectivity index (χ0v) is 16.8. The first kappa shape index (κ1) is 18.8. The summed E-state index contributed by atoms with van der Waals surface area (Å²) in [6, 6.07) is 11.5. The molecule has 1 N–H and O–H groups in total. The van der Waals surface area contributed by atoms with E-state index in [1.165, 1.54) is 13.4 Å². The van der Waals surface area contributed by atoms with E-state index >= 15 is 0 Å². The largest absolute Gasteiger partial charge is 0.466 e. The number of carbonyl (C=O) groups is 1. The number of hydrogen-bond acceptors (Lipinski definition) is 5. The molecule has 4 rings (SSSR count). The van der Waals surface area contributed by atoms with Crippen molar-refractivity contribution >= 4 is 52.4 Å². The zero-order chi connectivity index (χ0) is 19.8. The van der Waals surface area contributed by atoms with Crippen molar-refractivity contribution in [2.45, 2.75) is 6.04 Å². The molecule has 2 aromatic carbocycles. The van der Waals surface area contributed by atoms with Crippen LogP contribution in [0.3, 0.4) is 0 Å². The number of esters is 1. The Kier molecular flexibility index (Phi) is 5.02. The third kappa shape index (κ3) is 3.24. The molecule has 9 heteroatoms. The molecule has 0 unspecified atom stereocenters. The predicted molar refractivity (Wildman–Crippen MR) is 109 cm³/mol. The van der Waals surface area contributed by atoms with Crippen LogP contribution >= 0.6 is 34.8 Å². The summed E-state index contributed by atoms with van der Waals surface area (Å²) in [6.45, 7) is 0. The average Bonchev–Trinajstić information content (AvgIpc) is 3.15. The lowest BCUT2D eigenvalue weighted by Crippen LogP contribution is -2.29. The summed E-state index contributed by atoms with van der Waals surface area (Å²) in [5, 5.41) is 8.91. The van der Waals surface area contributed by atoms with Crippen LogP contribution in [-0.2, 0) is 9.53 Å². The van der Waals surface area contributed by atoms with Gasteiger partial charge in [-0.25, -0.2) is 9.48 Å². The van der Waals surface area contributed by atoms with Gasteiger partial charge in [0.1, 0.15) is 12.4 Å². The maximum absolute atomic E-state index is 12.8. The molecule has 0 amide bonds. The van der Waals surface area contributed by atoms with Gasteiger partial charge in [-0.05, 0) is 29.8 Å². The highest BCUT2D eigenvalue weighted by molar-refractivity contribution is 6.35. The fraction of sp³-hybridized carbons (Fsp3) is 0.105. The van der Waals surface area contributed by atoms with Crippen molar-refractivity contribution in [3.05, 3.63) is 80.6 Å². The quantitative estimate of drug-likeness (QED) is 0.596. The zero-order valence-electron chi connectivity index (χ0n) is 14.5. The number of rotatable bonds is 3. The van der Waals surface area contributed by atoms with Gasteiger partial charge in [-0.1, -0.05) is 53.0 Å². The molecule has 0 fully saturated rings. The van der Waals surface area contributed by atoms with E-state index in [-0.39, 0.29) is 0 Å². The van der Waals surface area contributed by atoms with Crippen molar-refractivity contribution in [2.24, 2.45) is 0 Å². The Morgan fingerprint density at radius 1 is 1.11 bits per heavy atom. The molecule has 1 aromatic heterocycles. The minimum Gasteiger partial charge on any atom is -0.466 e. The number of carbonyl (C=O) groups excluding carboxylic acids is 1. The second kappa shape index (κ2) is 7.47. The lowest BCUT2D eigenvalue weighted by molar-refractivity contribution is -0.136. The van der Waals surface area contributed by atoms with Crippen LogP contribution in [0.15, 0.2) is 54.4 Å². The molecule has 1 atom stereocenters. The monoisotopic (exact) mass is 434 g/mol. The smallest absolute Gasteiger partial charge is 0.338 e. The van der Waals surface area contributed by atoms with Gasteiger partial charge in [0.2, 0.25) is 5.95 Å². The second-order valence-electron chi connectivity index (χ2n) is 6.01. The first-order valence-corrected chi connectivity index (χ1v) is 9.33. The molecule has 0 saturated carbocycles. The van der Waals surface area contributed by atoms with E-state index in [1.54, 1.807) is 47.1 Å². The van der Waals surface area contributed by atoms with Crippen LogP contribution in [0.25, 0.3) is 5.70 Å². The summed E-state index contributed by atoms with van der Waals surface area (Å²) in [6.07, 6.45) is 1.40. The highest BCUT2D eigenvalue weighted by atomic mass is 35.5. The maximum Gasteiger partial charge on any atom is 0.338 e. The molecular formula is C19H13Cl3N4O2. The molecule has 1 aliphatic heterocycles. The van der Waals surface area contributed by atoms with Crippen molar-refractivity contribution in [3.63, 3.8) is 0 Å². The number of ether oxygens (including phenoxy) is 1. The lowest BCUT2D eigenvalue weighted by atomic mass is 9.93. The SMILES string of the molecule is COC(=O)C1=C(c2ccc(Cl)cc2)Nc2ncnn2[C@H]1c1ccc(Cl)cc1Cl. The van der Waals surface area contributed by atoms with Crippen LogP contribution in [0.2, 0.25) is 15.1 Å². The van der Waals surface area contributed by atoms with Crippen LogP contribution in [0, 0.1) is 0 Å². The van der Waals surface area contributed by atoms with E-state index in [0.717, 1.165) is 5.56 Å². The predicted octanol–water partition coefficient (Wildman–Crippen LogP) is 4.84. The molecule has 0 radical (unpaired) electrons. The van der Waals surface area contributed by atoms with Crippen molar-refractivity contribution in [3.8, 4) is 0 Å². The van der Waals surface area contributed by atoms with Gasteiger partial charge in [0.15, 0.2) is 0 Å². The van der Waals surface area contributed by atoms with Crippen molar-refractivity contribution in [1.82, 2.24) is 14.8 Å². The van der Waals surface area contributed by atoms with Crippen molar-refractivity contribution in [2.75, 3.05) is 12.4 Å². The molecular weight excluding hydrogens is 423 g/mol. The highest BCUT2D eigenvalue weighted by Crippen LogP contribution is 2.41. The molecule has 142 valence electrons. The Morgan fingerprint density at radius 3 is 2.50 bits per heavy atom. The van der Waals surface area contributed by atoms with Gasteiger partial charge in [0.25, 0.3) is 0 Å². The fourth-order valence-electron chi connectivity index (χ4n) is 3.15. The first-order valence-electron chi connectivity index (χ1n) is 8.19. The number of anilines is 1. The van der Waals surface area contributed by atoms with E-state index in [4.69, 9.17) is 39.5 Å². The first-order chi connectivity index (χ1) is 13.5. The number of nitrogens with zero attached hydrogens (tertiary/aromatic N) is 3. The number of halogens is 3. The minimum absolute atomic E-state index is 0.340. The van der Waals surface area contributed by atoms with E-state index in [2.05, 4.69) is 15.4 Å². The number of methoxy groups -OCH3 is 1. The van der Waals surface area contributed by atoms with Crippen LogP contribution in [-0.4, -0.2) is 27.8 Å². The molecule has 0 saturated heterocycles. The van der Waals surface area contributed by atoms with Gasteiger partial charge < -0.3 is 10.1 Å². The second-order valence-corrected chi connectivity index (χ2v) is 7.29. The summed E-state index contributed by atoms with van der Waals surface area (Å²) >= 11 is 18.5. The molecule has 3 aromatic rings. The Morgan fingerprint density at radius 2 is 1.82 bits per heavy atom. The molecule has 6 nitrogen and oxygen atoms in total. The van der Waals surface area contributed by atoms with E-state index in [0.29, 0.717) is 37.8 Å². The van der Waals surface area contributed by atoms with E-state index < -0.39 is 12.0 Å². The number of benzene rings is 2. The molecule has 2 heterocycles. The Hall–Kier alpha value is -2.54. The number of aromatic nitrogens is 3. The maximum atomic E-state index is 12.8. The summed E-state index contributed by atoms with van der Waals surface area (Å²) in [4.78, 5) is 17.1. The van der Waals surface area contributed by atoms with E-state index in [9.17, 15) is 4.79 Å². The molecule has 0 aliphatic carbocycles. The van der Waals surface area contributed by atoms with Crippen LogP contribution in [0.4, 0.5) is 5.95 Å². The average molecular weight is 436 g/mol. The Labute approximate surface area is 175 Å². The van der Waals surface area contributed by atoms with Gasteiger partial charge in [-0.2, -0.15) is 10.1 Å². The van der Waals surface area contributed by atoms with Gasteiger partial charge >= 0.3 is 5.97 Å². The Balaban J connectivity index is 2.00. The van der Waals surface area contributed by atoms with Gasteiger partial charge in [0, 0.05) is 20.6 Å². The molecule has 0 spiro atoms. The van der Waals surface area contributed by atoms with Gasteiger partial charge in [-0.3, -0.25) is 0 Å². The lowest BCUT2D eigenvalue weighted by Gasteiger charge is -2.29. The minimum atomic E-state index is -0.651. The summed E-state index contributed by atoms with van der Waals surface area (Å²) in [5.41, 5.74) is 2.27. The van der Waals surface area contributed by atoms with Crippen LogP contribution in [0.1, 0.15) is 17.2 Å². The van der Waals surface area contributed by atoms with E-state index in [1.807, 2.05) is 0 Å². The summed E-state index contributed by atoms with van der Waals surface area (Å²) in [7, 11) is 1.33. The van der Waals surface area contributed by atoms with Gasteiger partial charge in [0.05, 0.1) is 18.4 Å². The van der Waals surface area contributed by atoms with Crippen LogP contribution < -0.4 is 5.32 Å². The van der Waals surface area contributed by atoms with Gasteiger partial charge in [-0.15, -0.1) is 0 Å². The summed E-state index contributed by atoms with van der Waals surface area (Å²) < 4.78 is 6.66. The molecule has 28 heavy (non-hydrogen) atoms. The normalized spacial score (nSPS) is 15.8. The topological polar surface area (TPSA) is 69.0 Å². The third-order valence-electron chi connectivity index (χ3n) is 4.39. The number of fused-ring (bicyclic) bond motifs is 1. The standard InChI is InChI=1S/C19H13Cl3N4O2/c1-28-18(27)15-16(10-2-4-11(20)5-3-10)25-19-23-9-24-26(19)17(15)13-7-6-12(21)8-14(13)22/h2-9,17H,1H3,(H,23,24,25)/t17-/m0/s1. The Bertz CT molecular complexity index is 1090. The third-order valence-corrected chi connectivity index (χ3v) is 5.21. The summed E-state index contributed by atoms with van der Waals surface area (Å²) in [5.74, 6) is -0.0526. The van der Waals surface area contributed by atoms with Crippen LogP contribution in [0.5, 0.6) is 0 Å². The fourth-order valence-corrected chi connectivity index (χ4v) is 3.78. The molecule has 0 bridgehead atoms. The number of hydrogen-bond donors (Lipinski definition) is 1.